The Morgan fingerprint density at radius 2 is 1.42 bits per heavy atom. The van der Waals surface area contributed by atoms with E-state index in [-0.39, 0.29) is 17.0 Å². The highest BCUT2D eigenvalue weighted by atomic mass is 16.7. The molecule has 1 aliphatic heterocycles. The third kappa shape index (κ3) is 3.11. The first kappa shape index (κ1) is 20.0. The van der Waals surface area contributed by atoms with Crippen LogP contribution in [0.15, 0.2) is 66.7 Å². The van der Waals surface area contributed by atoms with Crippen molar-refractivity contribution in [2.24, 2.45) is 0 Å². The topological polar surface area (TPSA) is 40.5 Å². The average molecular weight is 411 g/mol. The van der Waals surface area contributed by atoms with Gasteiger partial charge in [0.15, 0.2) is 5.78 Å². The van der Waals surface area contributed by atoms with E-state index in [1.165, 1.54) is 5.39 Å². The molecule has 0 spiro atoms. The maximum absolute atomic E-state index is 11.7. The summed E-state index contributed by atoms with van der Waals surface area (Å²) in [6.45, 7) is 9.88. The van der Waals surface area contributed by atoms with Crippen LogP contribution in [0.3, 0.4) is 0 Å². The molecule has 31 heavy (non-hydrogen) atoms. The van der Waals surface area contributed by atoms with E-state index in [0.29, 0.717) is 5.56 Å². The first-order valence-electron chi connectivity index (χ1n) is 10.7. The Bertz CT molecular complexity index is 1300. The minimum absolute atomic E-state index is 0.0702. The molecule has 0 aliphatic carbocycles. The van der Waals surface area contributed by atoms with E-state index in [1.54, 1.807) is 6.92 Å². The zero-order valence-electron chi connectivity index (χ0n) is 18.6. The molecule has 1 fully saturated rings. The van der Waals surface area contributed by atoms with Gasteiger partial charge in [-0.1, -0.05) is 30.3 Å². The van der Waals surface area contributed by atoms with Crippen molar-refractivity contribution in [3.05, 3.63) is 72.3 Å². The highest BCUT2D eigenvalue weighted by Gasteiger charge is 2.51. The maximum atomic E-state index is 11.7. The smallest absolute Gasteiger partial charge is 0.399 e. The van der Waals surface area contributed by atoms with Crippen molar-refractivity contribution in [1.82, 2.24) is 4.57 Å². The molecule has 1 aliphatic rings. The Labute approximate surface area is 182 Å². The van der Waals surface area contributed by atoms with Crippen molar-refractivity contribution in [3.8, 4) is 5.69 Å². The van der Waals surface area contributed by atoms with Crippen LogP contribution in [0.5, 0.6) is 0 Å². The van der Waals surface area contributed by atoms with Crippen LogP contribution in [-0.2, 0) is 9.31 Å². The van der Waals surface area contributed by atoms with Gasteiger partial charge >= 0.3 is 7.12 Å². The third-order valence-corrected chi connectivity index (χ3v) is 6.75. The Morgan fingerprint density at radius 3 is 2.06 bits per heavy atom. The number of hydrogen-bond donors (Lipinski definition) is 0. The Morgan fingerprint density at radius 1 is 0.806 bits per heavy atom. The van der Waals surface area contributed by atoms with Gasteiger partial charge in [0.25, 0.3) is 0 Å². The molecule has 0 saturated carbocycles. The molecule has 5 rings (SSSR count). The lowest BCUT2D eigenvalue weighted by Crippen LogP contribution is -2.41. The van der Waals surface area contributed by atoms with Crippen LogP contribution in [0.2, 0.25) is 0 Å². The van der Waals surface area contributed by atoms with E-state index in [9.17, 15) is 4.79 Å². The molecule has 0 atom stereocenters. The minimum Gasteiger partial charge on any atom is -0.399 e. The molecule has 0 N–H and O–H groups in total. The van der Waals surface area contributed by atoms with Gasteiger partial charge in [0.2, 0.25) is 0 Å². The molecule has 156 valence electrons. The summed E-state index contributed by atoms with van der Waals surface area (Å²) >= 11 is 0. The minimum atomic E-state index is -0.397. The van der Waals surface area contributed by atoms with Crippen LogP contribution in [0.25, 0.3) is 27.5 Å². The van der Waals surface area contributed by atoms with E-state index in [1.807, 2.05) is 24.3 Å². The number of aromatic nitrogens is 1. The average Bonchev–Trinajstić information content (AvgIpc) is 3.17. The van der Waals surface area contributed by atoms with Gasteiger partial charge in [-0.3, -0.25) is 4.79 Å². The van der Waals surface area contributed by atoms with Crippen LogP contribution in [-0.4, -0.2) is 28.7 Å². The van der Waals surface area contributed by atoms with Crippen molar-refractivity contribution in [2.75, 3.05) is 0 Å². The summed E-state index contributed by atoms with van der Waals surface area (Å²) in [7, 11) is -0.397. The number of nitrogens with zero attached hydrogens (tertiary/aromatic N) is 1. The standard InChI is InChI=1S/C26H26BNO3/c1-17(29)18-10-13-20(14-11-18)28-23-9-7-6-8-21(23)22-16-19(12-15-24(22)28)27-30-25(2,3)26(4,5)31-27/h6-16H,1-5H3. The Balaban J connectivity index is 1.67. The normalized spacial score (nSPS) is 17.5. The number of para-hydroxylation sites is 1. The number of fused-ring (bicyclic) bond motifs is 3. The number of carbonyl (C=O) groups excluding carboxylic acids is 1. The summed E-state index contributed by atoms with van der Waals surface area (Å²) in [5, 5.41) is 2.32. The highest BCUT2D eigenvalue weighted by molar-refractivity contribution is 6.62. The molecule has 4 nitrogen and oxygen atoms in total. The number of hydrogen-bond acceptors (Lipinski definition) is 3. The van der Waals surface area contributed by atoms with Crippen LogP contribution >= 0.6 is 0 Å². The second kappa shape index (κ2) is 6.81. The Kier molecular flexibility index (Phi) is 4.40. The second-order valence-electron chi connectivity index (χ2n) is 9.32. The van der Waals surface area contributed by atoms with E-state index >= 15 is 0 Å². The summed E-state index contributed by atoms with van der Waals surface area (Å²) in [6.07, 6.45) is 0. The highest BCUT2D eigenvalue weighted by Crippen LogP contribution is 2.37. The van der Waals surface area contributed by atoms with Crippen LogP contribution in [0, 0.1) is 0 Å². The molecule has 1 saturated heterocycles. The van der Waals surface area contributed by atoms with Crippen molar-refractivity contribution in [3.63, 3.8) is 0 Å². The fourth-order valence-corrected chi connectivity index (χ4v) is 4.24. The summed E-state index contributed by atoms with van der Waals surface area (Å²) in [4.78, 5) is 11.7. The first-order valence-corrected chi connectivity index (χ1v) is 10.7. The molecule has 0 bridgehead atoms. The lowest BCUT2D eigenvalue weighted by molar-refractivity contribution is 0.00578. The lowest BCUT2D eigenvalue weighted by atomic mass is 9.78. The summed E-state index contributed by atoms with van der Waals surface area (Å²) < 4.78 is 14.8. The number of Topliss-reactive ketones (excluding diaryl/α,β-unsaturated/α-hetero) is 1. The SMILES string of the molecule is CC(=O)c1ccc(-n2c3ccccc3c3cc(B4OC(C)(C)C(C)(C)O4)ccc32)cc1. The van der Waals surface area contributed by atoms with Crippen LogP contribution in [0.4, 0.5) is 0 Å². The van der Waals surface area contributed by atoms with Crippen molar-refractivity contribution >= 4 is 40.2 Å². The van der Waals surface area contributed by atoms with Crippen LogP contribution in [0.1, 0.15) is 45.0 Å². The molecule has 5 heteroatoms. The molecular formula is C26H26BNO3. The molecule has 0 amide bonds. The molecular weight excluding hydrogens is 385 g/mol. The molecule has 2 heterocycles. The number of benzene rings is 3. The number of carbonyl (C=O) groups is 1. The summed E-state index contributed by atoms with van der Waals surface area (Å²) in [5.41, 5.74) is 4.24. The molecule has 0 radical (unpaired) electrons. The lowest BCUT2D eigenvalue weighted by Gasteiger charge is -2.32. The van der Waals surface area contributed by atoms with Gasteiger partial charge in [-0.15, -0.1) is 0 Å². The van der Waals surface area contributed by atoms with Crippen molar-refractivity contribution < 1.29 is 14.1 Å². The largest absolute Gasteiger partial charge is 0.494 e. The maximum Gasteiger partial charge on any atom is 0.494 e. The predicted octanol–water partition coefficient (Wildman–Crippen LogP) is 5.29. The van der Waals surface area contributed by atoms with Gasteiger partial charge in [0, 0.05) is 22.0 Å². The molecule has 1 aromatic heterocycles. The van der Waals surface area contributed by atoms with Gasteiger partial charge in [0.05, 0.1) is 22.2 Å². The van der Waals surface area contributed by atoms with Gasteiger partial charge < -0.3 is 13.9 Å². The Hall–Kier alpha value is -2.89. The van der Waals surface area contributed by atoms with Gasteiger partial charge in [-0.2, -0.15) is 0 Å². The molecule has 4 aromatic rings. The van der Waals surface area contributed by atoms with E-state index in [2.05, 4.69) is 74.7 Å². The summed E-state index contributed by atoms with van der Waals surface area (Å²) in [5.74, 6) is 0.0702. The molecule has 0 unspecified atom stereocenters. The zero-order chi connectivity index (χ0) is 22.0. The number of ketones is 1. The molecule has 3 aromatic carbocycles. The van der Waals surface area contributed by atoms with Crippen molar-refractivity contribution in [1.29, 1.82) is 0 Å². The first-order chi connectivity index (χ1) is 14.7. The quantitative estimate of drug-likeness (QED) is 0.340. The number of rotatable bonds is 3. The predicted molar refractivity (Wildman–Crippen MR) is 127 cm³/mol. The fraction of sp³-hybridized carbons (Fsp3) is 0.269. The second-order valence-corrected chi connectivity index (χ2v) is 9.32. The van der Waals surface area contributed by atoms with Gasteiger partial charge in [-0.05, 0) is 76.5 Å². The summed E-state index contributed by atoms with van der Waals surface area (Å²) in [6, 6.07) is 22.6. The van der Waals surface area contributed by atoms with E-state index in [0.717, 1.165) is 27.6 Å². The van der Waals surface area contributed by atoms with Gasteiger partial charge in [0.1, 0.15) is 0 Å². The van der Waals surface area contributed by atoms with Crippen LogP contribution < -0.4 is 5.46 Å². The van der Waals surface area contributed by atoms with Crippen molar-refractivity contribution in [2.45, 2.75) is 45.8 Å². The van der Waals surface area contributed by atoms with E-state index in [4.69, 9.17) is 9.31 Å². The fourth-order valence-electron chi connectivity index (χ4n) is 4.24. The van der Waals surface area contributed by atoms with E-state index < -0.39 is 7.12 Å². The van der Waals surface area contributed by atoms with Gasteiger partial charge in [-0.25, -0.2) is 0 Å². The zero-order valence-corrected chi connectivity index (χ0v) is 18.6. The third-order valence-electron chi connectivity index (χ3n) is 6.75. The monoisotopic (exact) mass is 411 g/mol.